The molecule has 29 heavy (non-hydrogen) atoms. The molecule has 0 radical (unpaired) electrons. The molecule has 0 N–H and O–H groups in total. The molecule has 1 aliphatic rings. The summed E-state index contributed by atoms with van der Waals surface area (Å²) in [5.74, 6) is -2.55. The fourth-order valence-electron chi connectivity index (χ4n) is 2.61. The van der Waals surface area contributed by atoms with Gasteiger partial charge < -0.3 is 14.2 Å². The van der Waals surface area contributed by atoms with E-state index in [4.69, 9.17) is 67.5 Å². The first-order chi connectivity index (χ1) is 13.5. The Balaban J connectivity index is 1.81. The molecule has 158 valence electrons. The van der Waals surface area contributed by atoms with Crippen LogP contribution in [0, 0.1) is 0 Å². The summed E-state index contributed by atoms with van der Waals surface area (Å²) in [4.78, 5) is 35.4. The Morgan fingerprint density at radius 1 is 1.10 bits per heavy atom. The summed E-state index contributed by atoms with van der Waals surface area (Å²) >= 11 is 28.5. The van der Waals surface area contributed by atoms with Crippen molar-refractivity contribution in [2.24, 2.45) is 0 Å². The van der Waals surface area contributed by atoms with Crippen LogP contribution in [0.1, 0.15) is 30.1 Å². The molecule has 1 aromatic carbocycles. The monoisotopic (exact) mass is 502 g/mol. The highest BCUT2D eigenvalue weighted by Gasteiger charge is 2.29. The Bertz CT molecular complexity index is 833. The van der Waals surface area contributed by atoms with Crippen molar-refractivity contribution in [1.29, 1.82) is 0 Å². The van der Waals surface area contributed by atoms with Crippen LogP contribution in [0.2, 0.25) is 10.0 Å². The Kier molecular flexibility index (Phi) is 8.49. The lowest BCUT2D eigenvalue weighted by Gasteiger charge is -2.15. The summed E-state index contributed by atoms with van der Waals surface area (Å²) in [6.07, 6.45) is 0.257. The first-order valence-electron chi connectivity index (χ1n) is 8.21. The SMILES string of the molecule is C=C(CC(=O)OC1CCc2c(Cl)cc(Cl)cc21)C(=O)OCC(=O)OCC(Cl)(Cl)Cl. The molecule has 0 amide bonds. The number of carbonyl (C=O) groups is 3. The van der Waals surface area contributed by atoms with E-state index in [1.165, 1.54) is 0 Å². The van der Waals surface area contributed by atoms with Gasteiger partial charge in [0.2, 0.25) is 3.79 Å². The number of alkyl halides is 3. The van der Waals surface area contributed by atoms with Crippen LogP contribution >= 0.6 is 58.0 Å². The summed E-state index contributed by atoms with van der Waals surface area (Å²) in [5, 5.41) is 0.951. The van der Waals surface area contributed by atoms with Crippen LogP contribution in [-0.4, -0.2) is 34.9 Å². The van der Waals surface area contributed by atoms with E-state index < -0.39 is 47.4 Å². The lowest BCUT2D eigenvalue weighted by atomic mass is 10.1. The van der Waals surface area contributed by atoms with Crippen LogP contribution in [0.5, 0.6) is 0 Å². The molecular weight excluding hydrogens is 489 g/mol. The Morgan fingerprint density at radius 2 is 1.79 bits per heavy atom. The topological polar surface area (TPSA) is 78.9 Å². The lowest BCUT2D eigenvalue weighted by Crippen LogP contribution is -2.23. The Labute approximate surface area is 191 Å². The van der Waals surface area contributed by atoms with Gasteiger partial charge in [0.25, 0.3) is 0 Å². The first-order valence-corrected chi connectivity index (χ1v) is 10.1. The Morgan fingerprint density at radius 3 is 2.45 bits per heavy atom. The second-order valence-electron chi connectivity index (χ2n) is 6.10. The van der Waals surface area contributed by atoms with Crippen LogP contribution in [0.15, 0.2) is 24.3 Å². The van der Waals surface area contributed by atoms with Gasteiger partial charge in [-0.1, -0.05) is 64.6 Å². The zero-order valence-corrected chi connectivity index (χ0v) is 18.6. The predicted octanol–water partition coefficient (Wildman–Crippen LogP) is 4.93. The third-order valence-corrected chi connectivity index (χ3v) is 4.72. The molecular formula is C18H15Cl5O6. The molecule has 6 nitrogen and oxygen atoms in total. The summed E-state index contributed by atoms with van der Waals surface area (Å²) in [6, 6.07) is 3.32. The third-order valence-electron chi connectivity index (χ3n) is 3.84. The molecule has 0 spiro atoms. The zero-order chi connectivity index (χ0) is 21.8. The number of ether oxygens (including phenoxy) is 3. The smallest absolute Gasteiger partial charge is 0.344 e. The van der Waals surface area contributed by atoms with Gasteiger partial charge >= 0.3 is 17.9 Å². The minimum atomic E-state index is -1.78. The first kappa shape index (κ1) is 24.1. The van der Waals surface area contributed by atoms with Gasteiger partial charge in [0, 0.05) is 15.6 Å². The van der Waals surface area contributed by atoms with E-state index in [1.807, 2.05) is 0 Å². The molecule has 2 rings (SSSR count). The maximum atomic E-state index is 12.2. The number of hydrogen-bond acceptors (Lipinski definition) is 6. The largest absolute Gasteiger partial charge is 0.459 e. The van der Waals surface area contributed by atoms with E-state index in [2.05, 4.69) is 11.3 Å². The highest BCUT2D eigenvalue weighted by Crippen LogP contribution is 2.40. The number of fused-ring (bicyclic) bond motifs is 1. The molecule has 1 atom stereocenters. The summed E-state index contributed by atoms with van der Waals surface area (Å²) < 4.78 is 12.9. The van der Waals surface area contributed by atoms with Crippen LogP contribution in [0.4, 0.5) is 0 Å². The van der Waals surface area contributed by atoms with E-state index in [-0.39, 0.29) is 5.57 Å². The van der Waals surface area contributed by atoms with Gasteiger partial charge in [-0.3, -0.25) is 4.79 Å². The number of hydrogen-bond donors (Lipinski definition) is 0. The maximum absolute atomic E-state index is 12.2. The fraction of sp³-hybridized carbons (Fsp3) is 0.389. The quantitative estimate of drug-likeness (QED) is 0.227. The van der Waals surface area contributed by atoms with Gasteiger partial charge in [-0.2, -0.15) is 0 Å². The van der Waals surface area contributed by atoms with E-state index in [0.29, 0.717) is 22.9 Å². The molecule has 0 aromatic heterocycles. The van der Waals surface area contributed by atoms with Gasteiger partial charge in [0.15, 0.2) is 6.61 Å². The number of halogens is 5. The van der Waals surface area contributed by atoms with Crippen molar-refractivity contribution < 1.29 is 28.6 Å². The van der Waals surface area contributed by atoms with E-state index in [0.717, 1.165) is 11.1 Å². The molecule has 0 bridgehead atoms. The van der Waals surface area contributed by atoms with Crippen LogP contribution in [0.25, 0.3) is 0 Å². The van der Waals surface area contributed by atoms with Gasteiger partial charge in [0.1, 0.15) is 12.7 Å². The standard InChI is InChI=1S/C18H15Cl5O6/c1-9(17(26)27-7-16(25)28-8-18(21,22)23)4-15(24)29-14-3-2-11-12(14)5-10(19)6-13(11)20/h5-6,14H,1-4,7-8H2. The second kappa shape index (κ2) is 10.2. The molecule has 0 saturated heterocycles. The minimum Gasteiger partial charge on any atom is -0.459 e. The Hall–Kier alpha value is -1.18. The van der Waals surface area contributed by atoms with Crippen LogP contribution in [-0.2, 0) is 35.0 Å². The van der Waals surface area contributed by atoms with Gasteiger partial charge in [-0.05, 0) is 36.1 Å². The molecule has 0 heterocycles. The second-order valence-corrected chi connectivity index (χ2v) is 9.46. The summed E-state index contributed by atoms with van der Waals surface area (Å²) in [5.41, 5.74) is 1.42. The van der Waals surface area contributed by atoms with Crippen LogP contribution < -0.4 is 0 Å². The molecule has 1 aromatic rings. The molecule has 1 unspecified atom stereocenters. The van der Waals surface area contributed by atoms with Crippen molar-refractivity contribution in [1.82, 2.24) is 0 Å². The highest BCUT2D eigenvalue weighted by molar-refractivity contribution is 6.67. The normalized spacial score (nSPS) is 15.4. The lowest BCUT2D eigenvalue weighted by molar-refractivity contribution is -0.157. The molecule has 0 fully saturated rings. The predicted molar refractivity (Wildman–Crippen MR) is 110 cm³/mol. The molecule has 11 heteroatoms. The van der Waals surface area contributed by atoms with E-state index in [9.17, 15) is 14.4 Å². The molecule has 0 saturated carbocycles. The maximum Gasteiger partial charge on any atom is 0.344 e. The van der Waals surface area contributed by atoms with Gasteiger partial charge in [-0.25, -0.2) is 9.59 Å². The molecule has 0 aliphatic heterocycles. The zero-order valence-electron chi connectivity index (χ0n) is 14.8. The van der Waals surface area contributed by atoms with Crippen molar-refractivity contribution in [3.8, 4) is 0 Å². The average Bonchev–Trinajstić information content (AvgIpc) is 2.99. The summed E-state index contributed by atoms with van der Waals surface area (Å²) in [7, 11) is 0. The number of rotatable bonds is 7. The van der Waals surface area contributed by atoms with Crippen molar-refractivity contribution >= 4 is 75.9 Å². The van der Waals surface area contributed by atoms with Gasteiger partial charge in [-0.15, -0.1) is 0 Å². The average molecular weight is 505 g/mol. The van der Waals surface area contributed by atoms with Gasteiger partial charge in [0.05, 0.1) is 6.42 Å². The fourth-order valence-corrected chi connectivity index (χ4v) is 3.37. The molecule has 1 aliphatic carbocycles. The van der Waals surface area contributed by atoms with E-state index in [1.54, 1.807) is 12.1 Å². The van der Waals surface area contributed by atoms with Crippen molar-refractivity contribution in [2.75, 3.05) is 13.2 Å². The highest BCUT2D eigenvalue weighted by atomic mass is 35.6. The number of carbonyl (C=O) groups excluding carboxylic acids is 3. The van der Waals surface area contributed by atoms with Crippen molar-refractivity contribution in [3.63, 3.8) is 0 Å². The summed E-state index contributed by atoms with van der Waals surface area (Å²) in [6.45, 7) is 2.25. The van der Waals surface area contributed by atoms with Crippen molar-refractivity contribution in [2.45, 2.75) is 29.2 Å². The number of esters is 3. The number of benzene rings is 1. The van der Waals surface area contributed by atoms with Crippen molar-refractivity contribution in [3.05, 3.63) is 45.5 Å². The minimum absolute atomic E-state index is 0.188. The third kappa shape index (κ3) is 7.54. The van der Waals surface area contributed by atoms with E-state index >= 15 is 0 Å². The van der Waals surface area contributed by atoms with Crippen LogP contribution in [0.3, 0.4) is 0 Å².